The van der Waals surface area contributed by atoms with E-state index in [2.05, 4.69) is 12.3 Å². The Morgan fingerprint density at radius 1 is 0.973 bits per heavy atom. The Morgan fingerprint density at radius 2 is 1.59 bits per heavy atom. The van der Waals surface area contributed by atoms with Crippen LogP contribution < -0.4 is 5.43 Å². The number of non-ortho nitro benzene ring substituents is 2. The molecule has 2 aromatic rings. The van der Waals surface area contributed by atoms with E-state index in [1.165, 1.54) is 66.7 Å². The number of nitrogens with one attached hydrogen (secondary N) is 1. The fourth-order valence-corrected chi connectivity index (χ4v) is 5.16. The molecule has 0 saturated carbocycles. The van der Waals surface area contributed by atoms with E-state index in [4.69, 9.17) is 0 Å². The van der Waals surface area contributed by atoms with Gasteiger partial charge in [0.2, 0.25) is 5.91 Å². The second-order valence-electron chi connectivity index (χ2n) is 8.76. The third kappa shape index (κ3) is 7.88. The number of amides is 2. The Balaban J connectivity index is 1.77. The van der Waals surface area contributed by atoms with Crippen molar-refractivity contribution in [3.63, 3.8) is 0 Å². The first kappa shape index (κ1) is 27.9. The smallest absolute Gasteiger partial charge is 0.273 e. The van der Waals surface area contributed by atoms with Crippen LogP contribution in [0.4, 0.5) is 11.4 Å². The third-order valence-corrected chi connectivity index (χ3v) is 7.15. The van der Waals surface area contributed by atoms with Crippen LogP contribution in [0, 0.1) is 20.2 Å². The van der Waals surface area contributed by atoms with Crippen molar-refractivity contribution in [2.45, 2.75) is 63.7 Å². The van der Waals surface area contributed by atoms with Crippen LogP contribution in [0.25, 0.3) is 6.08 Å². The highest BCUT2D eigenvalue weighted by Gasteiger charge is 2.39. The quantitative estimate of drug-likeness (QED) is 0.140. The minimum absolute atomic E-state index is 0.111. The van der Waals surface area contributed by atoms with E-state index in [-0.39, 0.29) is 28.6 Å². The number of carbonyl (C=O) groups excluding carboxylic acids is 2. The molecule has 1 aliphatic heterocycles. The number of thioether (sulfide) groups is 1. The van der Waals surface area contributed by atoms with E-state index in [0.717, 1.165) is 31.0 Å². The molecule has 10 nitrogen and oxygen atoms in total. The molecule has 11 heteroatoms. The average Bonchev–Trinajstić information content (AvgIpc) is 3.18. The Kier molecular flexibility index (Phi) is 10.2. The minimum atomic E-state index is -0.727. The molecule has 2 aromatic carbocycles. The van der Waals surface area contributed by atoms with E-state index in [0.29, 0.717) is 17.5 Å². The highest BCUT2D eigenvalue weighted by atomic mass is 32.2. The van der Waals surface area contributed by atoms with Gasteiger partial charge in [-0.1, -0.05) is 81.5 Å². The predicted molar refractivity (Wildman–Crippen MR) is 142 cm³/mol. The molecular weight excluding hydrogens is 496 g/mol. The van der Waals surface area contributed by atoms with E-state index in [1.54, 1.807) is 12.1 Å². The number of hydrazine groups is 1. The Hall–Kier alpha value is -3.73. The standard InChI is InChI=1S/C26H30N4O6S/c1-2-3-4-5-6-7-8-15-24(31)27-28-25(32)23(17-19-11-9-13-21(16-19)29(33)34)37-26(28)20-12-10-14-22(18-20)30(35)36/h9-14,16-18,26H,2-8,15H2,1H3,(H,27,31)/b23-17-. The zero-order valence-electron chi connectivity index (χ0n) is 20.6. The van der Waals surface area contributed by atoms with Gasteiger partial charge in [0.25, 0.3) is 17.3 Å². The van der Waals surface area contributed by atoms with Gasteiger partial charge in [-0.05, 0) is 23.6 Å². The molecule has 3 rings (SSSR count). The number of hydrogen-bond donors (Lipinski definition) is 1. The molecule has 1 atom stereocenters. The Morgan fingerprint density at radius 3 is 2.27 bits per heavy atom. The molecule has 1 N–H and O–H groups in total. The van der Waals surface area contributed by atoms with Crippen LogP contribution in [0.3, 0.4) is 0 Å². The predicted octanol–water partition coefficient (Wildman–Crippen LogP) is 6.29. The first-order valence-electron chi connectivity index (χ1n) is 12.3. The van der Waals surface area contributed by atoms with Gasteiger partial charge < -0.3 is 0 Å². The lowest BCUT2D eigenvalue weighted by Crippen LogP contribution is -2.44. The number of unbranched alkanes of at least 4 members (excludes halogenated alkanes) is 6. The van der Waals surface area contributed by atoms with Gasteiger partial charge in [0.15, 0.2) is 0 Å². The largest absolute Gasteiger partial charge is 0.280 e. The number of benzene rings is 2. The monoisotopic (exact) mass is 526 g/mol. The number of nitro groups is 2. The molecule has 1 aliphatic rings. The fraction of sp³-hybridized carbons (Fsp3) is 0.385. The lowest BCUT2D eigenvalue weighted by molar-refractivity contribution is -0.385. The van der Waals surface area contributed by atoms with Crippen LogP contribution in [-0.4, -0.2) is 26.7 Å². The number of carbonyl (C=O) groups is 2. The number of nitro benzene ring substituents is 2. The molecule has 196 valence electrons. The van der Waals surface area contributed by atoms with Gasteiger partial charge in [-0.15, -0.1) is 0 Å². The summed E-state index contributed by atoms with van der Waals surface area (Å²) in [4.78, 5) is 47.6. The summed E-state index contributed by atoms with van der Waals surface area (Å²) in [5, 5.41) is 22.9. The van der Waals surface area contributed by atoms with Gasteiger partial charge in [0.1, 0.15) is 5.37 Å². The van der Waals surface area contributed by atoms with Crippen molar-refractivity contribution in [3.8, 4) is 0 Å². The summed E-state index contributed by atoms with van der Waals surface area (Å²) < 4.78 is 0. The van der Waals surface area contributed by atoms with Crippen molar-refractivity contribution in [2.24, 2.45) is 0 Å². The van der Waals surface area contributed by atoms with Crippen LogP contribution >= 0.6 is 11.8 Å². The molecule has 0 bridgehead atoms. The first-order chi connectivity index (χ1) is 17.8. The van der Waals surface area contributed by atoms with E-state index >= 15 is 0 Å². The zero-order valence-corrected chi connectivity index (χ0v) is 21.4. The average molecular weight is 527 g/mol. The Labute approximate surface area is 219 Å². The molecule has 1 saturated heterocycles. The van der Waals surface area contributed by atoms with Crippen LogP contribution in [0.5, 0.6) is 0 Å². The molecule has 0 radical (unpaired) electrons. The molecule has 2 amide bonds. The highest BCUT2D eigenvalue weighted by molar-refractivity contribution is 8.04. The lowest BCUT2D eigenvalue weighted by Gasteiger charge is -2.24. The summed E-state index contributed by atoms with van der Waals surface area (Å²) in [7, 11) is 0. The molecule has 0 spiro atoms. The summed E-state index contributed by atoms with van der Waals surface area (Å²) in [5.41, 5.74) is 3.38. The van der Waals surface area contributed by atoms with Gasteiger partial charge in [0, 0.05) is 30.7 Å². The summed E-state index contributed by atoms with van der Waals surface area (Å²) in [6.45, 7) is 2.16. The molecule has 1 heterocycles. The topological polar surface area (TPSA) is 136 Å². The van der Waals surface area contributed by atoms with Crippen molar-refractivity contribution in [1.82, 2.24) is 10.4 Å². The molecule has 0 aliphatic carbocycles. The highest BCUT2D eigenvalue weighted by Crippen LogP contribution is 2.45. The maximum absolute atomic E-state index is 13.3. The van der Waals surface area contributed by atoms with Crippen molar-refractivity contribution < 1.29 is 19.4 Å². The van der Waals surface area contributed by atoms with E-state index in [1.807, 2.05) is 0 Å². The number of nitrogens with zero attached hydrogens (tertiary/aromatic N) is 3. The maximum Gasteiger partial charge on any atom is 0.280 e. The van der Waals surface area contributed by atoms with Gasteiger partial charge >= 0.3 is 0 Å². The summed E-state index contributed by atoms with van der Waals surface area (Å²) in [5.74, 6) is -0.796. The third-order valence-electron chi connectivity index (χ3n) is 5.90. The lowest BCUT2D eigenvalue weighted by atomic mass is 10.1. The zero-order chi connectivity index (χ0) is 26.8. The first-order valence-corrected chi connectivity index (χ1v) is 13.2. The molecular formula is C26H30N4O6S. The van der Waals surface area contributed by atoms with Gasteiger partial charge in [-0.25, -0.2) is 5.01 Å². The fourth-order valence-electron chi connectivity index (χ4n) is 3.98. The second-order valence-corrected chi connectivity index (χ2v) is 9.89. The van der Waals surface area contributed by atoms with Crippen molar-refractivity contribution >= 4 is 41.0 Å². The SMILES string of the molecule is CCCCCCCCCC(=O)NN1C(=O)/C(=C/c2cccc([N+](=O)[O-])c2)SC1c1cccc([N+](=O)[O-])c1. The van der Waals surface area contributed by atoms with Crippen LogP contribution in [0.2, 0.25) is 0 Å². The molecule has 1 unspecified atom stereocenters. The summed E-state index contributed by atoms with van der Waals surface area (Å²) in [6, 6.07) is 11.8. The van der Waals surface area contributed by atoms with Crippen molar-refractivity contribution in [3.05, 3.63) is 84.8 Å². The second kappa shape index (κ2) is 13.5. The summed E-state index contributed by atoms with van der Waals surface area (Å²) >= 11 is 1.12. The van der Waals surface area contributed by atoms with E-state index < -0.39 is 21.1 Å². The van der Waals surface area contributed by atoms with E-state index in [9.17, 15) is 29.8 Å². The van der Waals surface area contributed by atoms with Gasteiger partial charge in [-0.2, -0.15) is 0 Å². The van der Waals surface area contributed by atoms with Gasteiger partial charge in [-0.3, -0.25) is 35.2 Å². The molecule has 0 aromatic heterocycles. The van der Waals surface area contributed by atoms with Gasteiger partial charge in [0.05, 0.1) is 14.8 Å². The molecule has 37 heavy (non-hydrogen) atoms. The van der Waals surface area contributed by atoms with Crippen LogP contribution in [0.15, 0.2) is 53.4 Å². The Bertz CT molecular complexity index is 1190. The minimum Gasteiger partial charge on any atom is -0.273 e. The summed E-state index contributed by atoms with van der Waals surface area (Å²) in [6.07, 6.45) is 9.16. The van der Waals surface area contributed by atoms with Crippen molar-refractivity contribution in [1.29, 1.82) is 0 Å². The van der Waals surface area contributed by atoms with Crippen molar-refractivity contribution in [2.75, 3.05) is 0 Å². The van der Waals surface area contributed by atoms with Crippen LogP contribution in [0.1, 0.15) is 74.8 Å². The number of hydrogen-bond acceptors (Lipinski definition) is 7. The number of rotatable bonds is 13. The molecule has 1 fully saturated rings. The van der Waals surface area contributed by atoms with Crippen LogP contribution in [-0.2, 0) is 9.59 Å². The normalized spacial score (nSPS) is 16.2. The maximum atomic E-state index is 13.3.